The van der Waals surface area contributed by atoms with Crippen molar-refractivity contribution in [2.45, 2.75) is 46.2 Å². The van der Waals surface area contributed by atoms with E-state index in [0.717, 1.165) is 25.9 Å². The Morgan fingerprint density at radius 1 is 1.10 bits per heavy atom. The minimum absolute atomic E-state index is 0.226. The van der Waals surface area contributed by atoms with Crippen molar-refractivity contribution in [1.29, 1.82) is 0 Å². The van der Waals surface area contributed by atoms with Crippen LogP contribution in [0, 0.1) is 6.92 Å². The van der Waals surface area contributed by atoms with Gasteiger partial charge in [0, 0.05) is 12.7 Å². The molecule has 0 aliphatic carbocycles. The SMILES string of the molecule is CCCNC(c1ccc(C)cc1)c1ccnn1CCC. The highest BCUT2D eigenvalue weighted by Crippen LogP contribution is 2.22. The maximum Gasteiger partial charge on any atom is 0.0748 e. The average molecular weight is 271 g/mol. The second kappa shape index (κ2) is 7.25. The van der Waals surface area contributed by atoms with Crippen molar-refractivity contribution in [2.75, 3.05) is 6.54 Å². The zero-order valence-electron chi connectivity index (χ0n) is 12.8. The number of benzene rings is 1. The number of hydrogen-bond donors (Lipinski definition) is 1. The van der Waals surface area contributed by atoms with Gasteiger partial charge in [-0.15, -0.1) is 0 Å². The lowest BCUT2D eigenvalue weighted by molar-refractivity contribution is 0.511. The molecular weight excluding hydrogens is 246 g/mol. The Kier molecular flexibility index (Phi) is 5.36. The number of nitrogens with zero attached hydrogens (tertiary/aromatic N) is 2. The molecule has 0 radical (unpaired) electrons. The first-order valence-corrected chi connectivity index (χ1v) is 7.58. The zero-order valence-corrected chi connectivity index (χ0v) is 12.8. The van der Waals surface area contributed by atoms with Crippen LogP contribution < -0.4 is 5.32 Å². The van der Waals surface area contributed by atoms with E-state index in [1.54, 1.807) is 0 Å². The molecule has 0 aliphatic heterocycles. The summed E-state index contributed by atoms with van der Waals surface area (Å²) in [5.74, 6) is 0. The predicted molar refractivity (Wildman–Crippen MR) is 83.8 cm³/mol. The van der Waals surface area contributed by atoms with E-state index >= 15 is 0 Å². The molecule has 0 spiro atoms. The van der Waals surface area contributed by atoms with Gasteiger partial charge >= 0.3 is 0 Å². The molecule has 0 aliphatic rings. The highest BCUT2D eigenvalue weighted by Gasteiger charge is 2.17. The number of aromatic nitrogens is 2. The van der Waals surface area contributed by atoms with E-state index in [4.69, 9.17) is 0 Å². The van der Waals surface area contributed by atoms with Gasteiger partial charge in [0.25, 0.3) is 0 Å². The molecule has 2 rings (SSSR count). The van der Waals surface area contributed by atoms with Crippen LogP contribution in [0.3, 0.4) is 0 Å². The van der Waals surface area contributed by atoms with Gasteiger partial charge in [-0.3, -0.25) is 4.68 Å². The third kappa shape index (κ3) is 3.48. The number of nitrogens with one attached hydrogen (secondary N) is 1. The molecule has 3 nitrogen and oxygen atoms in total. The molecule has 0 saturated heterocycles. The molecule has 0 fully saturated rings. The van der Waals surface area contributed by atoms with E-state index in [1.165, 1.54) is 16.8 Å². The van der Waals surface area contributed by atoms with E-state index in [0.29, 0.717) is 0 Å². The van der Waals surface area contributed by atoms with Gasteiger partial charge in [-0.05, 0) is 37.9 Å². The summed E-state index contributed by atoms with van der Waals surface area (Å²) >= 11 is 0. The van der Waals surface area contributed by atoms with Crippen LogP contribution in [0.15, 0.2) is 36.5 Å². The lowest BCUT2D eigenvalue weighted by Gasteiger charge is -2.20. The Labute approximate surface area is 122 Å². The molecule has 0 bridgehead atoms. The molecule has 1 unspecified atom stereocenters. The van der Waals surface area contributed by atoms with Crippen LogP contribution in [0.2, 0.25) is 0 Å². The van der Waals surface area contributed by atoms with Crippen LogP contribution in [0.4, 0.5) is 0 Å². The molecule has 1 aromatic carbocycles. The molecule has 1 heterocycles. The van der Waals surface area contributed by atoms with Crippen molar-refractivity contribution in [3.05, 3.63) is 53.3 Å². The summed E-state index contributed by atoms with van der Waals surface area (Å²) in [6, 6.07) is 11.1. The van der Waals surface area contributed by atoms with Crippen molar-refractivity contribution < 1.29 is 0 Å². The Morgan fingerprint density at radius 2 is 1.85 bits per heavy atom. The van der Waals surface area contributed by atoms with Gasteiger partial charge in [-0.25, -0.2) is 0 Å². The van der Waals surface area contributed by atoms with Crippen LogP contribution >= 0.6 is 0 Å². The largest absolute Gasteiger partial charge is 0.305 e. The summed E-state index contributed by atoms with van der Waals surface area (Å²) in [4.78, 5) is 0. The number of hydrogen-bond acceptors (Lipinski definition) is 2. The summed E-state index contributed by atoms with van der Waals surface area (Å²) in [5.41, 5.74) is 3.86. The van der Waals surface area contributed by atoms with E-state index in [-0.39, 0.29) is 6.04 Å². The van der Waals surface area contributed by atoms with Crippen molar-refractivity contribution in [2.24, 2.45) is 0 Å². The molecule has 1 aromatic heterocycles. The van der Waals surface area contributed by atoms with Crippen LogP contribution in [0.5, 0.6) is 0 Å². The summed E-state index contributed by atoms with van der Waals surface area (Å²) in [6.45, 7) is 8.49. The number of aryl methyl sites for hydroxylation is 2. The predicted octanol–water partition coefficient (Wildman–Crippen LogP) is 3.69. The van der Waals surface area contributed by atoms with Crippen molar-refractivity contribution in [1.82, 2.24) is 15.1 Å². The standard InChI is InChI=1S/C17H25N3/c1-4-11-18-17(15-8-6-14(3)7-9-15)16-10-12-19-20(16)13-5-2/h6-10,12,17-18H,4-5,11,13H2,1-3H3. The van der Waals surface area contributed by atoms with Gasteiger partial charge in [-0.1, -0.05) is 43.7 Å². The summed E-state index contributed by atoms with van der Waals surface area (Å²) < 4.78 is 2.12. The first-order chi connectivity index (χ1) is 9.76. The maximum atomic E-state index is 4.45. The molecule has 108 valence electrons. The summed E-state index contributed by atoms with van der Waals surface area (Å²) in [7, 11) is 0. The van der Waals surface area contributed by atoms with Crippen molar-refractivity contribution in [3.8, 4) is 0 Å². The van der Waals surface area contributed by atoms with E-state index in [2.05, 4.69) is 66.2 Å². The lowest BCUT2D eigenvalue weighted by Crippen LogP contribution is -2.26. The van der Waals surface area contributed by atoms with Crippen LogP contribution in [-0.2, 0) is 6.54 Å². The Hall–Kier alpha value is -1.61. The van der Waals surface area contributed by atoms with Gasteiger partial charge in [-0.2, -0.15) is 5.10 Å². The minimum Gasteiger partial charge on any atom is -0.305 e. The molecular formula is C17H25N3. The fourth-order valence-corrected chi connectivity index (χ4v) is 2.43. The van der Waals surface area contributed by atoms with E-state index in [9.17, 15) is 0 Å². The van der Waals surface area contributed by atoms with Gasteiger partial charge < -0.3 is 5.32 Å². The molecule has 0 saturated carbocycles. The first kappa shape index (κ1) is 14.8. The first-order valence-electron chi connectivity index (χ1n) is 7.58. The minimum atomic E-state index is 0.226. The Bertz CT molecular complexity index is 513. The van der Waals surface area contributed by atoms with Gasteiger partial charge in [0.15, 0.2) is 0 Å². The zero-order chi connectivity index (χ0) is 14.4. The third-order valence-corrected chi connectivity index (χ3v) is 3.49. The Morgan fingerprint density at radius 3 is 2.50 bits per heavy atom. The topological polar surface area (TPSA) is 29.9 Å². The monoisotopic (exact) mass is 271 g/mol. The quantitative estimate of drug-likeness (QED) is 0.832. The fraction of sp³-hybridized carbons (Fsp3) is 0.471. The van der Waals surface area contributed by atoms with Crippen molar-refractivity contribution >= 4 is 0 Å². The second-order valence-electron chi connectivity index (χ2n) is 5.28. The molecule has 1 N–H and O–H groups in total. The third-order valence-electron chi connectivity index (χ3n) is 3.49. The molecule has 0 amide bonds. The molecule has 3 heteroatoms. The van der Waals surface area contributed by atoms with Gasteiger partial charge in [0.2, 0.25) is 0 Å². The summed E-state index contributed by atoms with van der Waals surface area (Å²) in [6.07, 6.45) is 4.13. The highest BCUT2D eigenvalue weighted by molar-refractivity contribution is 5.30. The number of rotatable bonds is 7. The highest BCUT2D eigenvalue weighted by atomic mass is 15.3. The molecule has 2 aromatic rings. The lowest BCUT2D eigenvalue weighted by atomic mass is 10.0. The van der Waals surface area contributed by atoms with Crippen LogP contribution in [0.25, 0.3) is 0 Å². The maximum absolute atomic E-state index is 4.45. The van der Waals surface area contributed by atoms with Gasteiger partial charge in [0.1, 0.15) is 0 Å². The molecule has 20 heavy (non-hydrogen) atoms. The normalized spacial score (nSPS) is 12.6. The molecule has 1 atom stereocenters. The fourth-order valence-electron chi connectivity index (χ4n) is 2.43. The van der Waals surface area contributed by atoms with Crippen LogP contribution in [-0.4, -0.2) is 16.3 Å². The average Bonchev–Trinajstić information content (AvgIpc) is 2.90. The van der Waals surface area contributed by atoms with Crippen molar-refractivity contribution in [3.63, 3.8) is 0 Å². The second-order valence-corrected chi connectivity index (χ2v) is 5.28. The summed E-state index contributed by atoms with van der Waals surface area (Å²) in [5, 5.41) is 8.10. The van der Waals surface area contributed by atoms with E-state index < -0.39 is 0 Å². The van der Waals surface area contributed by atoms with E-state index in [1.807, 2.05) is 6.20 Å². The van der Waals surface area contributed by atoms with Crippen LogP contribution in [0.1, 0.15) is 49.6 Å². The Balaban J connectivity index is 2.31. The van der Waals surface area contributed by atoms with Gasteiger partial charge in [0.05, 0.1) is 11.7 Å². The smallest absolute Gasteiger partial charge is 0.0748 e.